The largest absolute Gasteiger partial charge is 0.325 e. The van der Waals surface area contributed by atoms with E-state index in [2.05, 4.69) is 46.7 Å². The highest BCUT2D eigenvalue weighted by molar-refractivity contribution is 7.99. The topological polar surface area (TPSA) is 59.8 Å². The fraction of sp³-hybridized carbons (Fsp3) is 0.160. The molecule has 0 fully saturated rings. The number of nitrogens with zero attached hydrogens (tertiary/aromatic N) is 3. The van der Waals surface area contributed by atoms with Gasteiger partial charge in [0.25, 0.3) is 0 Å². The van der Waals surface area contributed by atoms with Crippen LogP contribution in [-0.2, 0) is 10.5 Å². The van der Waals surface area contributed by atoms with Crippen LogP contribution >= 0.6 is 23.5 Å². The summed E-state index contributed by atoms with van der Waals surface area (Å²) in [6, 6.07) is 26.3. The average molecular weight is 461 g/mol. The molecular formula is C25H24N4OS2. The van der Waals surface area contributed by atoms with Crippen molar-refractivity contribution in [2.45, 2.75) is 29.7 Å². The van der Waals surface area contributed by atoms with Gasteiger partial charge in [0.1, 0.15) is 5.82 Å². The lowest BCUT2D eigenvalue weighted by atomic mass is 10.2. The molecule has 0 atom stereocenters. The third kappa shape index (κ3) is 5.81. The zero-order valence-electron chi connectivity index (χ0n) is 18.0. The number of carbonyl (C=O) groups excluding carboxylic acids is 1. The lowest BCUT2D eigenvalue weighted by Crippen LogP contribution is -2.14. The van der Waals surface area contributed by atoms with Crippen LogP contribution in [0.5, 0.6) is 0 Å². The van der Waals surface area contributed by atoms with E-state index in [0.29, 0.717) is 10.9 Å². The van der Waals surface area contributed by atoms with Crippen molar-refractivity contribution in [2.75, 3.05) is 11.1 Å². The molecule has 162 valence electrons. The second-order valence-electron chi connectivity index (χ2n) is 7.38. The fourth-order valence-electron chi connectivity index (χ4n) is 3.23. The van der Waals surface area contributed by atoms with Crippen molar-refractivity contribution >= 4 is 35.1 Å². The van der Waals surface area contributed by atoms with Crippen LogP contribution in [0.25, 0.3) is 5.69 Å². The number of benzene rings is 3. The van der Waals surface area contributed by atoms with Crippen LogP contribution in [0.4, 0.5) is 5.69 Å². The van der Waals surface area contributed by atoms with Gasteiger partial charge in [0.2, 0.25) is 5.91 Å². The van der Waals surface area contributed by atoms with Gasteiger partial charge in [-0.1, -0.05) is 54.2 Å². The summed E-state index contributed by atoms with van der Waals surface area (Å²) in [6.07, 6.45) is 0. The Kier molecular flexibility index (Phi) is 7.29. The van der Waals surface area contributed by atoms with E-state index in [1.807, 2.05) is 66.1 Å². The number of aromatic nitrogens is 3. The van der Waals surface area contributed by atoms with Crippen LogP contribution in [0.3, 0.4) is 0 Å². The maximum atomic E-state index is 12.5. The third-order valence-electron chi connectivity index (χ3n) is 4.71. The number of carbonyl (C=O) groups is 1. The van der Waals surface area contributed by atoms with E-state index in [1.165, 1.54) is 16.7 Å². The Morgan fingerprint density at radius 3 is 2.38 bits per heavy atom. The van der Waals surface area contributed by atoms with Crippen LogP contribution in [0.15, 0.2) is 88.9 Å². The van der Waals surface area contributed by atoms with Gasteiger partial charge in [-0.25, -0.2) is 0 Å². The molecule has 7 heteroatoms. The molecule has 5 nitrogen and oxygen atoms in total. The predicted molar refractivity (Wildman–Crippen MR) is 133 cm³/mol. The normalized spacial score (nSPS) is 10.8. The highest BCUT2D eigenvalue weighted by atomic mass is 32.2. The molecule has 1 aromatic heterocycles. The van der Waals surface area contributed by atoms with E-state index in [9.17, 15) is 4.79 Å². The smallest absolute Gasteiger partial charge is 0.234 e. The number of anilines is 1. The van der Waals surface area contributed by atoms with Crippen molar-refractivity contribution < 1.29 is 4.79 Å². The van der Waals surface area contributed by atoms with Crippen LogP contribution < -0.4 is 5.32 Å². The molecule has 4 aromatic rings. The van der Waals surface area contributed by atoms with E-state index in [-0.39, 0.29) is 11.7 Å². The van der Waals surface area contributed by atoms with Crippen molar-refractivity contribution in [1.82, 2.24) is 14.8 Å². The molecule has 1 amide bonds. The van der Waals surface area contributed by atoms with E-state index in [0.717, 1.165) is 28.3 Å². The van der Waals surface area contributed by atoms with Crippen molar-refractivity contribution in [3.63, 3.8) is 0 Å². The van der Waals surface area contributed by atoms with Gasteiger partial charge in [-0.2, -0.15) is 0 Å². The van der Waals surface area contributed by atoms with E-state index < -0.39 is 0 Å². The van der Waals surface area contributed by atoms with Gasteiger partial charge >= 0.3 is 0 Å². The highest BCUT2D eigenvalue weighted by Crippen LogP contribution is 2.27. The number of nitrogens with one attached hydrogen (secondary N) is 1. The standard InChI is InChI=1S/C25H24N4OS2/c1-18-8-6-10-20(14-18)26-24(30)17-32-25-28-27-23(16-31-22-12-4-3-5-13-22)29(25)21-11-7-9-19(2)15-21/h3-15H,16-17H2,1-2H3,(H,26,30). The molecule has 0 aliphatic carbocycles. The van der Waals surface area contributed by atoms with Gasteiger partial charge in [0, 0.05) is 16.3 Å². The van der Waals surface area contributed by atoms with E-state index in [4.69, 9.17) is 0 Å². The minimum Gasteiger partial charge on any atom is -0.325 e. The van der Waals surface area contributed by atoms with Crippen LogP contribution in [0, 0.1) is 13.8 Å². The number of hydrogen-bond acceptors (Lipinski definition) is 5. The first-order valence-electron chi connectivity index (χ1n) is 10.3. The third-order valence-corrected chi connectivity index (χ3v) is 6.64. The Hall–Kier alpha value is -3.03. The van der Waals surface area contributed by atoms with Crippen molar-refractivity contribution in [3.8, 4) is 5.69 Å². The molecule has 0 radical (unpaired) electrons. The monoisotopic (exact) mass is 460 g/mol. The van der Waals surface area contributed by atoms with Gasteiger partial charge in [0.15, 0.2) is 5.16 Å². The molecule has 4 rings (SSSR count). The molecule has 1 N–H and O–H groups in total. The Balaban J connectivity index is 1.52. The summed E-state index contributed by atoms with van der Waals surface area (Å²) in [6.45, 7) is 4.07. The molecule has 0 saturated carbocycles. The molecule has 3 aromatic carbocycles. The molecule has 0 saturated heterocycles. The summed E-state index contributed by atoms with van der Waals surface area (Å²) in [4.78, 5) is 13.7. The Labute approximate surface area is 196 Å². The Morgan fingerprint density at radius 2 is 1.62 bits per heavy atom. The summed E-state index contributed by atoms with van der Waals surface area (Å²) in [5.74, 6) is 1.72. The molecular weight excluding hydrogens is 436 g/mol. The molecule has 32 heavy (non-hydrogen) atoms. The highest BCUT2D eigenvalue weighted by Gasteiger charge is 2.16. The Bertz CT molecular complexity index is 1210. The maximum absolute atomic E-state index is 12.5. The van der Waals surface area contributed by atoms with Gasteiger partial charge in [0.05, 0.1) is 11.5 Å². The number of aryl methyl sites for hydroxylation is 2. The summed E-state index contributed by atoms with van der Waals surface area (Å²) >= 11 is 3.11. The zero-order valence-corrected chi connectivity index (χ0v) is 19.6. The molecule has 0 spiro atoms. The lowest BCUT2D eigenvalue weighted by molar-refractivity contribution is -0.113. The lowest BCUT2D eigenvalue weighted by Gasteiger charge is -2.11. The molecule has 0 aliphatic rings. The van der Waals surface area contributed by atoms with Gasteiger partial charge < -0.3 is 5.32 Å². The van der Waals surface area contributed by atoms with Gasteiger partial charge in [-0.3, -0.25) is 9.36 Å². The van der Waals surface area contributed by atoms with Crippen molar-refractivity contribution in [2.24, 2.45) is 0 Å². The summed E-state index contributed by atoms with van der Waals surface area (Å²) < 4.78 is 2.05. The minimum atomic E-state index is -0.0698. The molecule has 0 bridgehead atoms. The quantitative estimate of drug-likeness (QED) is 0.331. The number of thioether (sulfide) groups is 2. The summed E-state index contributed by atoms with van der Waals surface area (Å²) in [5, 5.41) is 12.5. The fourth-order valence-corrected chi connectivity index (χ4v) is 4.83. The van der Waals surface area contributed by atoms with Crippen LogP contribution in [-0.4, -0.2) is 26.4 Å². The van der Waals surface area contributed by atoms with Crippen LogP contribution in [0.2, 0.25) is 0 Å². The summed E-state index contributed by atoms with van der Waals surface area (Å²) in [7, 11) is 0. The summed E-state index contributed by atoms with van der Waals surface area (Å²) in [5.41, 5.74) is 4.07. The first-order valence-corrected chi connectivity index (χ1v) is 12.2. The average Bonchev–Trinajstić information content (AvgIpc) is 3.20. The molecule has 1 heterocycles. The molecule has 0 aliphatic heterocycles. The zero-order chi connectivity index (χ0) is 22.3. The predicted octanol–water partition coefficient (Wildman–Crippen LogP) is 5.91. The first-order chi connectivity index (χ1) is 15.6. The van der Waals surface area contributed by atoms with Gasteiger partial charge in [-0.15, -0.1) is 22.0 Å². The second kappa shape index (κ2) is 10.5. The SMILES string of the molecule is Cc1cccc(NC(=O)CSc2nnc(CSc3ccccc3)n2-c2cccc(C)c2)c1. The number of hydrogen-bond donors (Lipinski definition) is 1. The second-order valence-corrected chi connectivity index (χ2v) is 9.37. The minimum absolute atomic E-state index is 0.0698. The van der Waals surface area contributed by atoms with E-state index >= 15 is 0 Å². The number of rotatable bonds is 8. The molecule has 0 unspecified atom stereocenters. The first kappa shape index (κ1) is 22.2. The van der Waals surface area contributed by atoms with Gasteiger partial charge in [-0.05, 0) is 61.4 Å². The van der Waals surface area contributed by atoms with E-state index in [1.54, 1.807) is 11.8 Å². The number of amides is 1. The maximum Gasteiger partial charge on any atom is 0.234 e. The van der Waals surface area contributed by atoms with Crippen molar-refractivity contribution in [1.29, 1.82) is 0 Å². The van der Waals surface area contributed by atoms with Crippen molar-refractivity contribution in [3.05, 3.63) is 95.8 Å². The Morgan fingerprint density at radius 1 is 0.875 bits per heavy atom. The van der Waals surface area contributed by atoms with Crippen LogP contribution in [0.1, 0.15) is 17.0 Å².